The quantitative estimate of drug-likeness (QED) is 0.613. The van der Waals surface area contributed by atoms with Crippen LogP contribution in [0.15, 0.2) is 30.3 Å². The molecule has 0 unspecified atom stereocenters. The van der Waals surface area contributed by atoms with Crippen molar-refractivity contribution in [2.24, 2.45) is 0 Å². The lowest BCUT2D eigenvalue weighted by atomic mass is 9.98. The van der Waals surface area contributed by atoms with E-state index in [1.807, 2.05) is 24.3 Å². The molecule has 1 aliphatic carbocycles. The monoisotopic (exact) mass is 260 g/mol. The number of hydrogen-bond acceptors (Lipinski definition) is 3. The minimum atomic E-state index is -0.247. The van der Waals surface area contributed by atoms with Crippen LogP contribution in [0, 0.1) is 0 Å². The molecule has 0 saturated heterocycles. The summed E-state index contributed by atoms with van der Waals surface area (Å²) in [6.07, 6.45) is 8.98. The molecule has 0 amide bonds. The minimum absolute atomic E-state index is 0.113. The molecule has 19 heavy (non-hydrogen) atoms. The Bertz CT molecular complexity index is 428. The van der Waals surface area contributed by atoms with Gasteiger partial charge in [-0.1, -0.05) is 18.6 Å². The van der Waals surface area contributed by atoms with E-state index in [-0.39, 0.29) is 12.1 Å². The molecule has 1 aromatic rings. The van der Waals surface area contributed by atoms with E-state index in [9.17, 15) is 4.79 Å². The maximum Gasteiger partial charge on any atom is 0.331 e. The van der Waals surface area contributed by atoms with Gasteiger partial charge in [-0.3, -0.25) is 0 Å². The third-order valence-electron chi connectivity index (χ3n) is 3.36. The molecule has 0 radical (unpaired) electrons. The van der Waals surface area contributed by atoms with Crippen molar-refractivity contribution in [3.8, 4) is 5.75 Å². The second-order valence-corrected chi connectivity index (χ2v) is 4.80. The maximum atomic E-state index is 11.7. The van der Waals surface area contributed by atoms with E-state index in [1.54, 1.807) is 13.2 Å². The molecule has 0 aliphatic heterocycles. The highest BCUT2D eigenvalue weighted by molar-refractivity contribution is 5.87. The average Bonchev–Trinajstić information content (AvgIpc) is 2.47. The zero-order valence-electron chi connectivity index (χ0n) is 11.3. The Morgan fingerprint density at radius 3 is 2.47 bits per heavy atom. The van der Waals surface area contributed by atoms with Crippen LogP contribution in [0.2, 0.25) is 0 Å². The summed E-state index contributed by atoms with van der Waals surface area (Å²) in [6.45, 7) is 0. The fourth-order valence-electron chi connectivity index (χ4n) is 2.27. The van der Waals surface area contributed by atoms with Gasteiger partial charge in [0.1, 0.15) is 11.9 Å². The lowest BCUT2D eigenvalue weighted by Gasteiger charge is -2.20. The van der Waals surface area contributed by atoms with Gasteiger partial charge in [-0.2, -0.15) is 0 Å². The number of ether oxygens (including phenoxy) is 2. The summed E-state index contributed by atoms with van der Waals surface area (Å²) < 4.78 is 10.5. The van der Waals surface area contributed by atoms with Crippen LogP contribution in [0.3, 0.4) is 0 Å². The van der Waals surface area contributed by atoms with E-state index < -0.39 is 0 Å². The Hall–Kier alpha value is -1.77. The molecule has 2 rings (SSSR count). The van der Waals surface area contributed by atoms with Gasteiger partial charge in [0, 0.05) is 6.08 Å². The summed E-state index contributed by atoms with van der Waals surface area (Å²) in [5.41, 5.74) is 0.960. The molecule has 102 valence electrons. The normalized spacial score (nSPS) is 16.5. The number of carbonyl (C=O) groups excluding carboxylic acids is 1. The Morgan fingerprint density at radius 2 is 1.84 bits per heavy atom. The number of esters is 1. The first-order chi connectivity index (χ1) is 9.28. The number of benzene rings is 1. The van der Waals surface area contributed by atoms with Crippen LogP contribution in [0.1, 0.15) is 37.7 Å². The number of rotatable bonds is 4. The summed E-state index contributed by atoms with van der Waals surface area (Å²) in [5, 5.41) is 0. The summed E-state index contributed by atoms with van der Waals surface area (Å²) in [7, 11) is 1.63. The van der Waals surface area contributed by atoms with Crippen LogP contribution in [0.25, 0.3) is 6.08 Å². The van der Waals surface area contributed by atoms with E-state index in [2.05, 4.69) is 0 Å². The molecular formula is C16H20O3. The van der Waals surface area contributed by atoms with Crippen LogP contribution < -0.4 is 4.74 Å². The molecule has 0 atom stereocenters. The zero-order valence-corrected chi connectivity index (χ0v) is 11.3. The largest absolute Gasteiger partial charge is 0.497 e. The minimum Gasteiger partial charge on any atom is -0.497 e. The molecule has 0 aromatic heterocycles. The summed E-state index contributed by atoms with van der Waals surface area (Å²) in [5.74, 6) is 0.560. The lowest BCUT2D eigenvalue weighted by molar-refractivity contribution is -0.144. The van der Waals surface area contributed by atoms with Gasteiger partial charge >= 0.3 is 5.97 Å². The highest BCUT2D eigenvalue weighted by atomic mass is 16.5. The van der Waals surface area contributed by atoms with Gasteiger partial charge in [-0.25, -0.2) is 4.79 Å². The van der Waals surface area contributed by atoms with Crippen LogP contribution in [0.4, 0.5) is 0 Å². The lowest BCUT2D eigenvalue weighted by Crippen LogP contribution is -2.19. The highest BCUT2D eigenvalue weighted by Gasteiger charge is 2.16. The molecule has 3 heteroatoms. The van der Waals surface area contributed by atoms with Gasteiger partial charge in [0.05, 0.1) is 7.11 Å². The van der Waals surface area contributed by atoms with Crippen molar-refractivity contribution >= 4 is 12.0 Å². The molecule has 1 fully saturated rings. The van der Waals surface area contributed by atoms with Gasteiger partial charge in [-0.05, 0) is 49.5 Å². The number of methoxy groups -OCH3 is 1. The first kappa shape index (κ1) is 13.7. The standard InChI is InChI=1S/C16H20O3/c1-18-14-10-7-13(8-11-14)9-12-16(17)19-15-5-3-2-4-6-15/h7-12,15H,2-6H2,1H3/b12-9+. The Labute approximate surface area is 114 Å². The Balaban J connectivity index is 1.84. The van der Waals surface area contributed by atoms with E-state index >= 15 is 0 Å². The molecule has 1 aliphatic rings. The SMILES string of the molecule is COc1ccc(/C=C/C(=O)OC2CCCCC2)cc1. The first-order valence-electron chi connectivity index (χ1n) is 6.80. The molecule has 1 aromatic carbocycles. The van der Waals surface area contributed by atoms with Crippen molar-refractivity contribution in [1.82, 2.24) is 0 Å². The molecule has 0 bridgehead atoms. The Morgan fingerprint density at radius 1 is 1.16 bits per heavy atom. The van der Waals surface area contributed by atoms with E-state index in [1.165, 1.54) is 25.3 Å². The molecular weight excluding hydrogens is 240 g/mol. The predicted molar refractivity (Wildman–Crippen MR) is 75.0 cm³/mol. The van der Waals surface area contributed by atoms with Crippen molar-refractivity contribution in [3.63, 3.8) is 0 Å². The first-order valence-corrected chi connectivity index (χ1v) is 6.80. The van der Waals surface area contributed by atoms with Crippen molar-refractivity contribution in [2.45, 2.75) is 38.2 Å². The van der Waals surface area contributed by atoms with E-state index in [4.69, 9.17) is 9.47 Å². The van der Waals surface area contributed by atoms with E-state index in [0.29, 0.717) is 0 Å². The van der Waals surface area contributed by atoms with Crippen molar-refractivity contribution in [2.75, 3.05) is 7.11 Å². The van der Waals surface area contributed by atoms with Crippen LogP contribution >= 0.6 is 0 Å². The highest BCUT2D eigenvalue weighted by Crippen LogP contribution is 2.20. The van der Waals surface area contributed by atoms with Crippen molar-refractivity contribution in [3.05, 3.63) is 35.9 Å². The maximum absolute atomic E-state index is 11.7. The van der Waals surface area contributed by atoms with Crippen molar-refractivity contribution in [1.29, 1.82) is 0 Å². The smallest absolute Gasteiger partial charge is 0.331 e. The second kappa shape index (κ2) is 6.98. The van der Waals surface area contributed by atoms with E-state index in [0.717, 1.165) is 24.2 Å². The summed E-state index contributed by atoms with van der Waals surface area (Å²) in [6, 6.07) is 7.55. The van der Waals surface area contributed by atoms with Crippen LogP contribution in [-0.2, 0) is 9.53 Å². The van der Waals surface area contributed by atoms with Crippen LogP contribution in [-0.4, -0.2) is 19.2 Å². The van der Waals surface area contributed by atoms with Gasteiger partial charge in [0.2, 0.25) is 0 Å². The molecule has 0 spiro atoms. The van der Waals surface area contributed by atoms with Gasteiger partial charge in [0.25, 0.3) is 0 Å². The molecule has 0 heterocycles. The van der Waals surface area contributed by atoms with Gasteiger partial charge in [0.15, 0.2) is 0 Å². The topological polar surface area (TPSA) is 35.5 Å². The molecule has 1 saturated carbocycles. The zero-order chi connectivity index (χ0) is 13.5. The third-order valence-corrected chi connectivity index (χ3v) is 3.36. The number of carbonyl (C=O) groups is 1. The Kier molecular flexibility index (Phi) is 5.01. The van der Waals surface area contributed by atoms with Gasteiger partial charge in [-0.15, -0.1) is 0 Å². The second-order valence-electron chi connectivity index (χ2n) is 4.80. The average molecular weight is 260 g/mol. The fourth-order valence-corrected chi connectivity index (χ4v) is 2.27. The van der Waals surface area contributed by atoms with Crippen LogP contribution in [0.5, 0.6) is 5.75 Å². The molecule has 0 N–H and O–H groups in total. The van der Waals surface area contributed by atoms with Crippen molar-refractivity contribution < 1.29 is 14.3 Å². The third kappa shape index (κ3) is 4.43. The summed E-state index contributed by atoms with van der Waals surface area (Å²) >= 11 is 0. The summed E-state index contributed by atoms with van der Waals surface area (Å²) in [4.78, 5) is 11.7. The molecule has 3 nitrogen and oxygen atoms in total. The predicted octanol–water partition coefficient (Wildman–Crippen LogP) is 3.58. The fraction of sp³-hybridized carbons (Fsp3) is 0.438. The number of hydrogen-bond donors (Lipinski definition) is 0. The van der Waals surface area contributed by atoms with Gasteiger partial charge < -0.3 is 9.47 Å².